The van der Waals surface area contributed by atoms with Crippen molar-refractivity contribution in [3.05, 3.63) is 0 Å². The third kappa shape index (κ3) is 14.6. The molecule has 2 fully saturated rings. The molecule has 2 heteroatoms. The van der Waals surface area contributed by atoms with E-state index in [1.54, 1.807) is 0 Å². The van der Waals surface area contributed by atoms with Crippen molar-refractivity contribution in [3.63, 3.8) is 0 Å². The van der Waals surface area contributed by atoms with E-state index in [-0.39, 0.29) is 0 Å². The zero-order chi connectivity index (χ0) is 28.0. The molecule has 2 aliphatic rings. The van der Waals surface area contributed by atoms with E-state index in [0.29, 0.717) is 5.41 Å². The van der Waals surface area contributed by atoms with E-state index in [9.17, 15) is 0 Å². The van der Waals surface area contributed by atoms with E-state index in [2.05, 4.69) is 37.5 Å². The molecule has 2 unspecified atom stereocenters. The van der Waals surface area contributed by atoms with E-state index in [1.165, 1.54) is 193 Å². The van der Waals surface area contributed by atoms with E-state index in [1.807, 2.05) is 0 Å². The first-order valence-corrected chi connectivity index (χ1v) is 18.7. The third-order valence-electron chi connectivity index (χ3n) is 10.8. The van der Waals surface area contributed by atoms with Crippen molar-refractivity contribution >= 4 is 0 Å². The Morgan fingerprint density at radius 2 is 0.641 bits per heavy atom. The molecule has 2 atom stereocenters. The molecular formula is C37H74N2. The zero-order valence-corrected chi connectivity index (χ0v) is 27.8. The van der Waals surface area contributed by atoms with E-state index in [0.717, 1.165) is 12.1 Å². The summed E-state index contributed by atoms with van der Waals surface area (Å²) in [4.78, 5) is 5.94. The summed E-state index contributed by atoms with van der Waals surface area (Å²) in [6, 6.07) is 1.75. The fourth-order valence-electron chi connectivity index (χ4n) is 7.83. The molecule has 0 N–H and O–H groups in total. The molecule has 0 saturated carbocycles. The topological polar surface area (TPSA) is 6.48 Å². The van der Waals surface area contributed by atoms with Gasteiger partial charge >= 0.3 is 0 Å². The van der Waals surface area contributed by atoms with Gasteiger partial charge < -0.3 is 9.80 Å². The van der Waals surface area contributed by atoms with Crippen LogP contribution in [0, 0.1) is 5.41 Å². The number of rotatable bonds is 24. The predicted octanol–water partition coefficient (Wildman–Crippen LogP) is 11.6. The number of likely N-dealkylation sites (tertiary alicyclic amines) is 2. The van der Waals surface area contributed by atoms with Crippen LogP contribution in [0.5, 0.6) is 0 Å². The van der Waals surface area contributed by atoms with Gasteiger partial charge in [0.1, 0.15) is 0 Å². The molecule has 39 heavy (non-hydrogen) atoms. The van der Waals surface area contributed by atoms with Crippen molar-refractivity contribution < 1.29 is 0 Å². The van der Waals surface area contributed by atoms with Crippen LogP contribution in [-0.4, -0.2) is 48.1 Å². The van der Waals surface area contributed by atoms with Crippen LogP contribution < -0.4 is 0 Å². The highest BCUT2D eigenvalue weighted by atomic mass is 15.2. The van der Waals surface area contributed by atoms with Crippen molar-refractivity contribution in [1.29, 1.82) is 0 Å². The molecule has 2 aliphatic heterocycles. The maximum Gasteiger partial charge on any atom is 0.00952 e. The van der Waals surface area contributed by atoms with Gasteiger partial charge in [-0.3, -0.25) is 0 Å². The summed E-state index contributed by atoms with van der Waals surface area (Å²) < 4.78 is 0. The molecule has 0 aromatic carbocycles. The van der Waals surface area contributed by atoms with Crippen LogP contribution in [0.1, 0.15) is 195 Å². The van der Waals surface area contributed by atoms with Gasteiger partial charge in [0.15, 0.2) is 0 Å². The minimum atomic E-state index is 0.675. The maximum absolute atomic E-state index is 2.97. The number of piperidine rings is 2. The van der Waals surface area contributed by atoms with Crippen LogP contribution in [0.15, 0.2) is 0 Å². The first-order chi connectivity index (χ1) is 19.2. The Hall–Kier alpha value is -0.0800. The van der Waals surface area contributed by atoms with Crippen molar-refractivity contribution in [2.24, 2.45) is 5.41 Å². The second-order valence-electron chi connectivity index (χ2n) is 14.0. The Balaban J connectivity index is 1.81. The molecule has 0 radical (unpaired) electrons. The molecule has 0 aromatic heterocycles. The maximum atomic E-state index is 2.97. The summed E-state index contributed by atoms with van der Waals surface area (Å²) in [6.07, 6.45) is 37.6. The molecule has 0 aliphatic carbocycles. The molecule has 0 bridgehead atoms. The molecule has 2 saturated heterocycles. The first kappa shape index (κ1) is 35.1. The average Bonchev–Trinajstić information content (AvgIpc) is 2.96. The summed E-state index contributed by atoms with van der Waals surface area (Å²) in [7, 11) is 0. The lowest BCUT2D eigenvalue weighted by Crippen LogP contribution is -2.51. The quantitative estimate of drug-likeness (QED) is 0.111. The number of hydrogen-bond donors (Lipinski definition) is 0. The van der Waals surface area contributed by atoms with Gasteiger partial charge in [0.25, 0.3) is 0 Å². The van der Waals surface area contributed by atoms with Gasteiger partial charge in [-0.15, -0.1) is 0 Å². The van der Waals surface area contributed by atoms with Crippen LogP contribution >= 0.6 is 0 Å². The van der Waals surface area contributed by atoms with Crippen molar-refractivity contribution in [1.82, 2.24) is 9.80 Å². The van der Waals surface area contributed by atoms with Gasteiger partial charge in [0, 0.05) is 12.1 Å². The monoisotopic (exact) mass is 547 g/mol. The van der Waals surface area contributed by atoms with Crippen LogP contribution in [0.25, 0.3) is 0 Å². The molecule has 0 aromatic rings. The van der Waals surface area contributed by atoms with Crippen LogP contribution in [0.4, 0.5) is 0 Å². The van der Waals surface area contributed by atoms with Crippen molar-refractivity contribution in [2.45, 2.75) is 207 Å². The molecule has 2 rings (SSSR count). The average molecular weight is 547 g/mol. The fraction of sp³-hybridized carbons (Fsp3) is 1.00. The zero-order valence-electron chi connectivity index (χ0n) is 27.8. The van der Waals surface area contributed by atoms with Gasteiger partial charge in [-0.1, -0.05) is 143 Å². The molecule has 0 amide bonds. The number of nitrogens with zero attached hydrogens (tertiary/aromatic N) is 2. The first-order valence-electron chi connectivity index (χ1n) is 18.7. The van der Waals surface area contributed by atoms with Gasteiger partial charge in [-0.05, 0) is 83.0 Å². The summed E-state index contributed by atoms with van der Waals surface area (Å²) in [5.74, 6) is 0. The fourth-order valence-corrected chi connectivity index (χ4v) is 7.83. The van der Waals surface area contributed by atoms with Gasteiger partial charge in [-0.25, -0.2) is 0 Å². The molecule has 2 nitrogen and oxygen atoms in total. The van der Waals surface area contributed by atoms with E-state index >= 15 is 0 Å². The summed E-state index contributed by atoms with van der Waals surface area (Å²) in [5.41, 5.74) is 0.675. The Labute approximate surface area is 247 Å². The smallest absolute Gasteiger partial charge is 0.00952 e. The highest BCUT2D eigenvalue weighted by molar-refractivity contribution is 4.93. The summed E-state index contributed by atoms with van der Waals surface area (Å²) >= 11 is 0. The van der Waals surface area contributed by atoms with E-state index < -0.39 is 0 Å². The van der Waals surface area contributed by atoms with Crippen molar-refractivity contribution in [2.75, 3.05) is 26.2 Å². The van der Waals surface area contributed by atoms with Crippen LogP contribution in [-0.2, 0) is 0 Å². The molecule has 232 valence electrons. The lowest BCUT2D eigenvalue weighted by Gasteiger charge is -2.50. The Bertz CT molecular complexity index is 478. The predicted molar refractivity (Wildman–Crippen MR) is 176 cm³/mol. The lowest BCUT2D eigenvalue weighted by atomic mass is 9.70. The van der Waals surface area contributed by atoms with Gasteiger partial charge in [0.2, 0.25) is 0 Å². The highest BCUT2D eigenvalue weighted by Crippen LogP contribution is 2.43. The summed E-state index contributed by atoms with van der Waals surface area (Å²) in [6.45, 7) is 15.0. The standard InChI is InChI=1S/C37H74N2/c1-5-9-13-17-21-25-35(23-19-15-11-7-3)38-31-27-37(28-32-38)29-33-39(34-30-37)36(24-20-16-12-8-4)26-22-18-14-10-6-2/h35-36H,5-34H2,1-4H3. The SMILES string of the molecule is CCCCCCCC(CCCCCC)N1CCC2(CC1)CCN(C(CCCCCC)CCCCCCC)CC2. The normalized spacial score (nSPS) is 20.0. The summed E-state index contributed by atoms with van der Waals surface area (Å²) in [5, 5.41) is 0. The lowest BCUT2D eigenvalue weighted by molar-refractivity contribution is 0.00224. The van der Waals surface area contributed by atoms with Gasteiger partial charge in [-0.2, -0.15) is 0 Å². The van der Waals surface area contributed by atoms with Gasteiger partial charge in [0.05, 0.1) is 0 Å². The largest absolute Gasteiger partial charge is 0.300 e. The highest BCUT2D eigenvalue weighted by Gasteiger charge is 2.39. The third-order valence-corrected chi connectivity index (χ3v) is 10.8. The molecular weight excluding hydrogens is 472 g/mol. The number of hydrogen-bond acceptors (Lipinski definition) is 2. The Morgan fingerprint density at radius 1 is 0.385 bits per heavy atom. The number of unbranched alkanes of at least 4 members (excludes halogenated alkanes) is 14. The molecule has 2 heterocycles. The van der Waals surface area contributed by atoms with Crippen LogP contribution in [0.3, 0.4) is 0 Å². The van der Waals surface area contributed by atoms with Crippen LogP contribution in [0.2, 0.25) is 0 Å². The van der Waals surface area contributed by atoms with E-state index in [4.69, 9.17) is 0 Å². The van der Waals surface area contributed by atoms with Crippen molar-refractivity contribution in [3.8, 4) is 0 Å². The second-order valence-corrected chi connectivity index (χ2v) is 14.0. The Morgan fingerprint density at radius 3 is 0.923 bits per heavy atom. The Kier molecular flexibility index (Phi) is 20.3. The molecule has 1 spiro atoms. The minimum absolute atomic E-state index is 0.675. The minimum Gasteiger partial charge on any atom is -0.300 e. The second kappa shape index (κ2) is 22.5.